The fraction of sp³-hybridized carbons (Fsp3) is 0.179. The van der Waals surface area contributed by atoms with Crippen molar-refractivity contribution in [1.82, 2.24) is 9.55 Å². The fourth-order valence-corrected chi connectivity index (χ4v) is 5.98. The Hall–Kier alpha value is -5.76. The largest absolute Gasteiger partial charge is 0.496 e. The number of esters is 2. The summed E-state index contributed by atoms with van der Waals surface area (Å²) in [4.78, 5) is 27.7. The molecule has 0 aliphatic carbocycles. The van der Waals surface area contributed by atoms with Gasteiger partial charge in [0.1, 0.15) is 22.9 Å². The number of nitrogens with one attached hydrogen (secondary N) is 1. The van der Waals surface area contributed by atoms with Crippen molar-refractivity contribution in [2.75, 3.05) is 27.4 Å². The number of ether oxygens (including phenoxy) is 4. The van der Waals surface area contributed by atoms with Gasteiger partial charge in [0.15, 0.2) is 0 Å². The van der Waals surface area contributed by atoms with Crippen molar-refractivity contribution in [2.24, 2.45) is 0 Å². The summed E-state index contributed by atoms with van der Waals surface area (Å²) >= 11 is 0. The van der Waals surface area contributed by atoms with E-state index in [-0.39, 0.29) is 11.9 Å². The molecule has 0 saturated heterocycles. The Morgan fingerprint density at radius 3 is 1.87 bits per heavy atom. The molecule has 8 heteroatoms. The summed E-state index contributed by atoms with van der Waals surface area (Å²) < 4.78 is 23.4. The third-order valence-electron chi connectivity index (χ3n) is 8.07. The highest BCUT2D eigenvalue weighted by Gasteiger charge is 2.21. The van der Waals surface area contributed by atoms with Gasteiger partial charge in [0, 0.05) is 28.1 Å². The van der Waals surface area contributed by atoms with E-state index in [4.69, 9.17) is 18.9 Å². The van der Waals surface area contributed by atoms with Gasteiger partial charge in [-0.15, -0.1) is 0 Å². The van der Waals surface area contributed by atoms with Crippen molar-refractivity contribution in [3.05, 3.63) is 120 Å². The highest BCUT2D eigenvalue weighted by molar-refractivity contribution is 6.12. The van der Waals surface area contributed by atoms with Gasteiger partial charge in [-0.05, 0) is 54.4 Å². The first-order chi connectivity index (χ1) is 23.0. The Labute approximate surface area is 272 Å². The second-order valence-corrected chi connectivity index (χ2v) is 10.9. The molecule has 0 saturated carbocycles. The summed E-state index contributed by atoms with van der Waals surface area (Å²) in [6, 6.07) is 33.9. The van der Waals surface area contributed by atoms with Gasteiger partial charge in [0.25, 0.3) is 0 Å². The summed E-state index contributed by atoms with van der Waals surface area (Å²) in [6.07, 6.45) is 0. The third kappa shape index (κ3) is 6.10. The minimum absolute atomic E-state index is 0.323. The van der Waals surface area contributed by atoms with Gasteiger partial charge < -0.3 is 28.5 Å². The highest BCUT2D eigenvalue weighted by Crippen LogP contribution is 2.37. The Kier molecular flexibility index (Phi) is 9.11. The van der Waals surface area contributed by atoms with Gasteiger partial charge in [-0.3, -0.25) is 0 Å². The minimum Gasteiger partial charge on any atom is -0.496 e. The molecule has 2 aromatic heterocycles. The van der Waals surface area contributed by atoms with Crippen LogP contribution in [0.2, 0.25) is 0 Å². The normalized spacial score (nSPS) is 11.0. The zero-order valence-corrected chi connectivity index (χ0v) is 26.8. The molecular formula is C39H36N2O6. The molecule has 47 heavy (non-hydrogen) atoms. The second-order valence-electron chi connectivity index (χ2n) is 10.9. The van der Waals surface area contributed by atoms with Crippen LogP contribution in [0, 0.1) is 0 Å². The van der Waals surface area contributed by atoms with Crippen molar-refractivity contribution in [3.63, 3.8) is 0 Å². The van der Waals surface area contributed by atoms with Crippen LogP contribution < -0.4 is 9.47 Å². The number of methoxy groups -OCH3 is 2. The van der Waals surface area contributed by atoms with Gasteiger partial charge in [0.2, 0.25) is 0 Å². The van der Waals surface area contributed by atoms with Crippen molar-refractivity contribution in [2.45, 2.75) is 20.4 Å². The van der Waals surface area contributed by atoms with Crippen molar-refractivity contribution in [1.29, 1.82) is 0 Å². The molecule has 0 spiro atoms. The summed E-state index contributed by atoms with van der Waals surface area (Å²) in [6.45, 7) is 4.87. The minimum atomic E-state index is -0.352. The molecule has 5 aromatic carbocycles. The van der Waals surface area contributed by atoms with Crippen LogP contribution >= 0.6 is 0 Å². The molecule has 1 N–H and O–H groups in total. The molecular weight excluding hydrogens is 592 g/mol. The van der Waals surface area contributed by atoms with Crippen molar-refractivity contribution < 1.29 is 28.5 Å². The van der Waals surface area contributed by atoms with E-state index in [0.29, 0.717) is 31.1 Å². The second kappa shape index (κ2) is 13.7. The number of rotatable bonds is 8. The zero-order valence-electron chi connectivity index (χ0n) is 26.8. The molecule has 238 valence electrons. The van der Waals surface area contributed by atoms with Gasteiger partial charge in [-0.25, -0.2) is 9.59 Å². The van der Waals surface area contributed by atoms with Crippen LogP contribution in [0.5, 0.6) is 11.5 Å². The monoisotopic (exact) mass is 628 g/mol. The lowest BCUT2D eigenvalue weighted by atomic mass is 10.1. The number of benzene rings is 5. The van der Waals surface area contributed by atoms with Crippen LogP contribution in [0.4, 0.5) is 0 Å². The van der Waals surface area contributed by atoms with Gasteiger partial charge in [0.05, 0.1) is 38.5 Å². The summed E-state index contributed by atoms with van der Waals surface area (Å²) in [5, 5.41) is 6.07. The van der Waals surface area contributed by atoms with E-state index in [1.807, 2.05) is 84.3 Å². The predicted molar refractivity (Wildman–Crippen MR) is 186 cm³/mol. The van der Waals surface area contributed by atoms with Crippen LogP contribution in [0.15, 0.2) is 103 Å². The molecule has 8 nitrogen and oxygen atoms in total. The van der Waals surface area contributed by atoms with Crippen LogP contribution in [0.1, 0.15) is 40.4 Å². The molecule has 0 aliphatic rings. The summed E-state index contributed by atoms with van der Waals surface area (Å²) in [5.41, 5.74) is 3.97. The summed E-state index contributed by atoms with van der Waals surface area (Å²) in [5.74, 6) is 0.817. The lowest BCUT2D eigenvalue weighted by Gasteiger charge is -2.13. The maximum absolute atomic E-state index is 12.7. The fourth-order valence-electron chi connectivity index (χ4n) is 5.98. The molecule has 0 aliphatic heterocycles. The smallest absolute Gasteiger partial charge is 0.354 e. The molecule has 0 atom stereocenters. The van der Waals surface area contributed by atoms with E-state index < -0.39 is 0 Å². The first-order valence-corrected chi connectivity index (χ1v) is 15.5. The average Bonchev–Trinajstić information content (AvgIpc) is 3.72. The number of H-pyrrole nitrogens is 1. The quantitative estimate of drug-likeness (QED) is 0.170. The van der Waals surface area contributed by atoms with E-state index in [2.05, 4.69) is 29.2 Å². The number of aromatic nitrogens is 2. The molecule has 0 bridgehead atoms. The van der Waals surface area contributed by atoms with Crippen molar-refractivity contribution in [3.8, 4) is 11.5 Å². The SMILES string of the molecule is CCOC(=O)c1cc2c(OC)cc3ccccc3c2[nH]1.CCOC(=O)c1cc2c(OC)cc3ccccc3c2n1Cc1ccccc1. The Morgan fingerprint density at radius 1 is 0.638 bits per heavy atom. The number of aromatic amines is 1. The topological polar surface area (TPSA) is 91.8 Å². The van der Waals surface area contributed by atoms with E-state index >= 15 is 0 Å². The average molecular weight is 629 g/mol. The molecule has 7 rings (SSSR count). The number of nitrogens with zero attached hydrogens (tertiary/aromatic N) is 1. The molecule has 2 heterocycles. The van der Waals surface area contributed by atoms with Gasteiger partial charge in [-0.2, -0.15) is 0 Å². The number of hydrogen-bond acceptors (Lipinski definition) is 6. The molecule has 0 unspecified atom stereocenters. The van der Waals surface area contributed by atoms with E-state index in [0.717, 1.165) is 60.4 Å². The highest BCUT2D eigenvalue weighted by atomic mass is 16.5. The summed E-state index contributed by atoms with van der Waals surface area (Å²) in [7, 11) is 3.28. The first-order valence-electron chi connectivity index (χ1n) is 15.5. The third-order valence-corrected chi connectivity index (χ3v) is 8.07. The maximum atomic E-state index is 12.7. The Bertz CT molecular complexity index is 2210. The lowest BCUT2D eigenvalue weighted by molar-refractivity contribution is 0.0508. The molecule has 0 amide bonds. The van der Waals surface area contributed by atoms with E-state index in [1.54, 1.807) is 27.2 Å². The van der Waals surface area contributed by atoms with E-state index in [1.165, 1.54) is 0 Å². The Balaban J connectivity index is 0.000000172. The van der Waals surface area contributed by atoms with E-state index in [9.17, 15) is 9.59 Å². The molecule has 0 fully saturated rings. The van der Waals surface area contributed by atoms with Crippen LogP contribution in [0.3, 0.4) is 0 Å². The van der Waals surface area contributed by atoms with Crippen LogP contribution in [0.25, 0.3) is 43.4 Å². The Morgan fingerprint density at radius 2 is 1.21 bits per heavy atom. The number of hydrogen-bond donors (Lipinski definition) is 1. The molecule has 0 radical (unpaired) electrons. The maximum Gasteiger partial charge on any atom is 0.354 e. The van der Waals surface area contributed by atoms with Crippen molar-refractivity contribution >= 4 is 55.3 Å². The number of fused-ring (bicyclic) bond motifs is 6. The number of carbonyl (C=O) groups excluding carboxylic acids is 2. The van der Waals surface area contributed by atoms with Gasteiger partial charge in [-0.1, -0.05) is 78.9 Å². The lowest BCUT2D eigenvalue weighted by Crippen LogP contribution is -2.13. The molecule has 7 aromatic rings. The van der Waals surface area contributed by atoms with Gasteiger partial charge >= 0.3 is 11.9 Å². The number of carbonyl (C=O) groups is 2. The standard InChI is InChI=1S/C23H21NO3.C16H15NO3/c1-3-27-23(25)20-14-19-21(26-2)13-17-11-7-8-12-18(17)22(19)24(20)15-16-9-5-4-6-10-16;1-3-20-16(18)13-9-12-14(19-2)8-10-6-4-5-7-11(10)15(12)17-13/h4-14H,3,15H2,1-2H3;4-9,17H,3H2,1-2H3. The first kappa shape index (κ1) is 31.2. The van der Waals surface area contributed by atoms with Crippen LogP contribution in [-0.4, -0.2) is 48.9 Å². The predicted octanol–water partition coefficient (Wildman–Crippen LogP) is 8.53. The zero-order chi connectivity index (χ0) is 32.9. The van der Waals surface area contributed by atoms with Crippen LogP contribution in [-0.2, 0) is 16.0 Å².